The van der Waals surface area contributed by atoms with E-state index in [9.17, 15) is 48.6 Å². The number of amides is 7. The number of rotatable bonds is 22. The van der Waals surface area contributed by atoms with Gasteiger partial charge in [-0.15, -0.1) is 10.2 Å². The maximum Gasteiger partial charge on any atom is 0.290 e. The van der Waals surface area contributed by atoms with Gasteiger partial charge in [0.25, 0.3) is 17.7 Å². The molecule has 4 aliphatic carbocycles. The van der Waals surface area contributed by atoms with E-state index in [0.717, 1.165) is 77.0 Å². The van der Waals surface area contributed by atoms with Crippen molar-refractivity contribution >= 4 is 58.6 Å². The van der Waals surface area contributed by atoms with Crippen LogP contribution >= 0.6 is 0 Å². The molecule has 1 unspecified atom stereocenters. The average Bonchev–Trinajstić information content (AvgIpc) is 2.06. The minimum absolute atomic E-state index is 0.0236. The van der Waals surface area contributed by atoms with Crippen LogP contribution in [0.4, 0.5) is 0 Å². The van der Waals surface area contributed by atoms with E-state index < -0.39 is 118 Å². The van der Waals surface area contributed by atoms with Gasteiger partial charge in [0.05, 0.1) is 54.0 Å². The Morgan fingerprint density at radius 1 is 0.663 bits per heavy atom. The second-order valence-corrected chi connectivity index (χ2v) is 26.9. The molecule has 7 atom stereocenters. The van der Waals surface area contributed by atoms with Crippen molar-refractivity contribution in [1.82, 2.24) is 70.4 Å². The number of hydrogen-bond donors (Lipinski definition) is 8. The normalized spacial score (nSPS) is 23.8. The summed E-state index contributed by atoms with van der Waals surface area (Å²) < 4.78 is 4.57. The molecule has 482 valence electrons. The Morgan fingerprint density at radius 3 is 1.72 bits per heavy atom. The first-order valence-corrected chi connectivity index (χ1v) is 32.1. The van der Waals surface area contributed by atoms with Crippen LogP contribution in [0.1, 0.15) is 209 Å². The highest BCUT2D eigenvalue weighted by Gasteiger charge is 2.52. The van der Waals surface area contributed by atoms with Gasteiger partial charge in [-0.1, -0.05) is 113 Å². The molecule has 6 aliphatic rings. The number of carbonyl (C=O) groups excluding carboxylic acids is 9. The van der Waals surface area contributed by atoms with Crippen molar-refractivity contribution < 1.29 is 53.4 Å². The summed E-state index contributed by atoms with van der Waals surface area (Å²) in [6, 6.07) is -2.62. The molecule has 7 amide bonds. The summed E-state index contributed by atoms with van der Waals surface area (Å²) in [6.07, 6.45) is 22.1. The number of fused-ring (bicyclic) bond motifs is 1. The van der Waals surface area contributed by atoms with Crippen LogP contribution in [0.15, 0.2) is 43.1 Å². The van der Waals surface area contributed by atoms with Gasteiger partial charge in [-0.25, -0.2) is 14.3 Å². The third-order valence-electron chi connectivity index (χ3n) is 20.0. The zero-order chi connectivity index (χ0) is 63.4. The number of nitrogens with zero attached hydrogens (tertiary/aromatic N) is 10. The predicted molar refractivity (Wildman–Crippen MR) is 320 cm³/mol. The Morgan fingerprint density at radius 2 is 1.17 bits per heavy atom. The van der Waals surface area contributed by atoms with Crippen LogP contribution < -0.4 is 32.7 Å². The maximum absolute atomic E-state index is 15.4. The highest BCUT2D eigenvalue weighted by atomic mass is 16.3. The van der Waals surface area contributed by atoms with Gasteiger partial charge in [-0.05, 0) is 83.3 Å². The van der Waals surface area contributed by atoms with E-state index >= 15 is 4.79 Å². The van der Waals surface area contributed by atoms with Gasteiger partial charge in [0.15, 0.2) is 0 Å². The van der Waals surface area contributed by atoms with Gasteiger partial charge < -0.3 is 57.1 Å². The predicted octanol–water partition coefficient (Wildman–Crippen LogP) is 2.38. The summed E-state index contributed by atoms with van der Waals surface area (Å²) in [5.41, 5.74) is 6.87. The Hall–Kier alpha value is -7.52. The monoisotopic (exact) mass is 1230 g/mol. The van der Waals surface area contributed by atoms with Gasteiger partial charge in [-0.3, -0.25) is 43.2 Å². The van der Waals surface area contributed by atoms with Crippen molar-refractivity contribution in [3.05, 3.63) is 60.1 Å². The average molecular weight is 1230 g/mol. The zero-order valence-electron chi connectivity index (χ0n) is 51.4. The molecular formula is C62H88N16O11. The van der Waals surface area contributed by atoms with Gasteiger partial charge in [0.2, 0.25) is 35.2 Å². The molecule has 10 rings (SSSR count). The minimum Gasteiger partial charge on any atom is -0.384 e. The lowest BCUT2D eigenvalue weighted by Crippen LogP contribution is -2.63. The van der Waals surface area contributed by atoms with Crippen LogP contribution in [0.2, 0.25) is 0 Å². The molecule has 0 spiro atoms. The van der Waals surface area contributed by atoms with Gasteiger partial charge in [0.1, 0.15) is 46.1 Å². The maximum atomic E-state index is 15.4. The molecule has 4 aromatic rings. The lowest BCUT2D eigenvalue weighted by atomic mass is 9.77. The standard InChI is InChI=1S/C62H88N16O11/c1-59(2,88)47-32-67-72-77(47)41-30-45(75(35-41)57(86)43(63)28-38-16-8-4-9-17-38)54(83)71-62(24-14-7-15-25-62)51(80)56(85)66-37-60(3,89)48-33-68-73-78(48)42-31-46(55(84)70-61(50(79)52(64)81)22-12-6-13-23-61)76(36-42)58(87)44(29-39-18-10-5-11-19-39)69-53(82)40-20-21-49-65-26-27-74(49)34-40/h20-21,26-27,32-34,38-39,41-46,88-89H,4-19,22-25,28-31,35-37,63H2,1-3H3,(H2,64,81)(H,66,85)(H,69,82)(H,70,84)(H,71,83)/t41-,42-,43+,44+,45-,46-,60?/m0/s1. The number of ketones is 2. The zero-order valence-corrected chi connectivity index (χ0v) is 51.4. The van der Waals surface area contributed by atoms with E-state index in [1.54, 1.807) is 49.0 Å². The number of carbonyl (C=O) groups is 9. The summed E-state index contributed by atoms with van der Waals surface area (Å²) >= 11 is 0. The first kappa shape index (κ1) is 64.5. The smallest absolute Gasteiger partial charge is 0.290 e. The van der Waals surface area contributed by atoms with Crippen molar-refractivity contribution in [3.63, 3.8) is 0 Å². The Bertz CT molecular complexity index is 3270. The van der Waals surface area contributed by atoms with Gasteiger partial charge in [-0.2, -0.15) is 0 Å². The first-order chi connectivity index (χ1) is 42.5. The number of imidazole rings is 1. The van der Waals surface area contributed by atoms with E-state index in [2.05, 4.69) is 46.9 Å². The molecule has 27 heteroatoms. The van der Waals surface area contributed by atoms with Gasteiger partial charge >= 0.3 is 0 Å². The molecule has 2 saturated heterocycles. The Kier molecular flexibility index (Phi) is 19.5. The number of Topliss-reactive ketones (excluding diaryl/α,β-unsaturated/α-hetero) is 2. The van der Waals surface area contributed by atoms with Crippen LogP contribution in [-0.2, 0) is 49.6 Å². The molecule has 89 heavy (non-hydrogen) atoms. The summed E-state index contributed by atoms with van der Waals surface area (Å²) in [4.78, 5) is 136. The van der Waals surface area contributed by atoms with Crippen molar-refractivity contribution in [2.75, 3.05) is 19.6 Å². The molecule has 2 aliphatic heterocycles. The topological polar surface area (TPSA) is 379 Å². The number of likely N-dealkylation sites (tertiary alicyclic amines) is 2. The van der Waals surface area contributed by atoms with Crippen molar-refractivity contribution in [1.29, 1.82) is 0 Å². The molecule has 4 aromatic heterocycles. The molecule has 6 fully saturated rings. The minimum atomic E-state index is -2.02. The third-order valence-corrected chi connectivity index (χ3v) is 20.0. The summed E-state index contributed by atoms with van der Waals surface area (Å²) in [6.45, 7) is 3.81. The Labute approximate surface area is 516 Å². The summed E-state index contributed by atoms with van der Waals surface area (Å²) in [5, 5.41) is 51.7. The molecule has 27 nitrogen and oxygen atoms in total. The van der Waals surface area contributed by atoms with Crippen molar-refractivity contribution in [3.8, 4) is 0 Å². The van der Waals surface area contributed by atoms with Crippen LogP contribution in [0.5, 0.6) is 0 Å². The second-order valence-electron chi connectivity index (χ2n) is 26.9. The van der Waals surface area contributed by atoms with Crippen molar-refractivity contribution in [2.24, 2.45) is 23.3 Å². The van der Waals surface area contributed by atoms with Gasteiger partial charge in [0, 0.05) is 44.5 Å². The highest BCUT2D eigenvalue weighted by molar-refractivity contribution is 6.40. The molecule has 6 heterocycles. The number of nitrogens with one attached hydrogen (secondary N) is 4. The lowest BCUT2D eigenvalue weighted by molar-refractivity contribution is -0.146. The number of aliphatic hydroxyl groups is 2. The number of nitrogens with two attached hydrogens (primary N) is 2. The van der Waals surface area contributed by atoms with Crippen LogP contribution in [0, 0.1) is 11.8 Å². The van der Waals surface area contributed by atoms with Crippen LogP contribution in [0.25, 0.3) is 5.65 Å². The number of hydrogen-bond acceptors (Lipinski definition) is 17. The van der Waals surface area contributed by atoms with Crippen LogP contribution in [0.3, 0.4) is 0 Å². The largest absolute Gasteiger partial charge is 0.384 e. The molecule has 4 saturated carbocycles. The van der Waals surface area contributed by atoms with E-state index in [1.165, 1.54) is 38.5 Å². The van der Waals surface area contributed by atoms with Crippen molar-refractivity contribution in [2.45, 2.75) is 233 Å². The fourth-order valence-corrected chi connectivity index (χ4v) is 15.0. The lowest BCUT2D eigenvalue weighted by Gasteiger charge is -2.38. The molecule has 0 bridgehead atoms. The molecule has 0 aromatic carbocycles. The first-order valence-electron chi connectivity index (χ1n) is 32.1. The fourth-order valence-electron chi connectivity index (χ4n) is 15.0. The van der Waals surface area contributed by atoms with E-state index in [0.29, 0.717) is 43.4 Å². The molecule has 0 radical (unpaired) electrons. The second kappa shape index (κ2) is 26.9. The van der Waals surface area contributed by atoms with Crippen LogP contribution in [-0.4, -0.2) is 167 Å². The third kappa shape index (κ3) is 14.1. The summed E-state index contributed by atoms with van der Waals surface area (Å²) in [5.74, 6) is -6.76. The fraction of sp³-hybridized carbons (Fsp3) is 0.677. The quantitative estimate of drug-likeness (QED) is 0.0524. The Balaban J connectivity index is 0.880. The van der Waals surface area contributed by atoms with E-state index in [1.807, 2.05) is 0 Å². The molecule has 10 N–H and O–H groups in total. The SMILES string of the molecule is CC(C)(O)c1cnnn1[C@H]1C[C@@H](C(=O)NC2(C(=O)C(=O)NCC(C)(O)c3cnnn3[C@H]3C[C@@H](C(=O)NC4(C(=O)C(N)=O)CCCCC4)N(C(=O)[C@@H](CC4CCCCC4)NC(=O)c4ccc5nccn5c4)C3)CCCCC2)N(C(=O)[C@H](N)CC2CCCCC2)C1. The number of primary amides is 1. The molecular weight excluding hydrogens is 1140 g/mol. The number of aromatic nitrogens is 8. The van der Waals surface area contributed by atoms with E-state index in [4.69, 9.17) is 11.5 Å². The number of pyridine rings is 1. The summed E-state index contributed by atoms with van der Waals surface area (Å²) in [7, 11) is 0. The van der Waals surface area contributed by atoms with E-state index in [-0.39, 0.29) is 81.1 Å². The highest BCUT2D eigenvalue weighted by Crippen LogP contribution is 2.38.